The van der Waals surface area contributed by atoms with E-state index in [0.717, 1.165) is 12.1 Å². The number of carbonyl (C=O) groups excluding carboxylic acids is 1. The zero-order chi connectivity index (χ0) is 13.2. The summed E-state index contributed by atoms with van der Waals surface area (Å²) in [5.74, 6) is 0. The number of benzene rings is 1. The zero-order valence-electron chi connectivity index (χ0n) is 9.11. The van der Waals surface area contributed by atoms with Crippen molar-refractivity contribution < 1.29 is 18.0 Å². The predicted octanol–water partition coefficient (Wildman–Crippen LogP) is 3.58. The van der Waals surface area contributed by atoms with Crippen LogP contribution < -0.4 is 0 Å². The van der Waals surface area contributed by atoms with Gasteiger partial charge in [0, 0.05) is 23.5 Å². The fourth-order valence-electron chi connectivity index (χ4n) is 1.64. The molecule has 0 unspecified atom stereocenters. The third kappa shape index (κ3) is 2.40. The summed E-state index contributed by atoms with van der Waals surface area (Å²) < 4.78 is 38.6. The van der Waals surface area contributed by atoms with Gasteiger partial charge >= 0.3 is 6.18 Å². The Morgan fingerprint density at radius 2 is 1.94 bits per heavy atom. The highest BCUT2D eigenvalue weighted by Gasteiger charge is 2.33. The second-order valence-corrected chi connectivity index (χ2v) is 3.66. The lowest BCUT2D eigenvalue weighted by Crippen LogP contribution is -2.07. The average molecular weight is 251 g/mol. The molecule has 5 heteroatoms. The van der Waals surface area contributed by atoms with E-state index in [2.05, 4.69) is 4.98 Å². The van der Waals surface area contributed by atoms with E-state index in [4.69, 9.17) is 0 Å². The Bertz CT molecular complexity index is 564. The molecule has 1 aromatic carbocycles. The summed E-state index contributed by atoms with van der Waals surface area (Å²) in [5.41, 5.74) is -0.295. The van der Waals surface area contributed by atoms with Gasteiger partial charge in [0.15, 0.2) is 0 Å². The minimum absolute atomic E-state index is 0.0415. The fourth-order valence-corrected chi connectivity index (χ4v) is 1.64. The summed E-state index contributed by atoms with van der Waals surface area (Å²) >= 11 is 0. The van der Waals surface area contributed by atoms with E-state index in [1.807, 2.05) is 0 Å². The molecule has 2 aromatic rings. The van der Waals surface area contributed by atoms with E-state index >= 15 is 0 Å². The Labute approximate surface area is 101 Å². The van der Waals surface area contributed by atoms with E-state index in [1.54, 1.807) is 6.07 Å². The van der Waals surface area contributed by atoms with Gasteiger partial charge < -0.3 is 0 Å². The first-order valence-corrected chi connectivity index (χ1v) is 5.09. The standard InChI is InChI=1S/C13H8F3NO/c14-13(15,16)12-4-3-9(8-18)6-11(12)10-2-1-5-17-7-10/h1-8H. The fraction of sp³-hybridized carbons (Fsp3) is 0.0769. The maximum atomic E-state index is 12.9. The van der Waals surface area contributed by atoms with Gasteiger partial charge in [-0.2, -0.15) is 13.2 Å². The molecule has 0 aliphatic carbocycles. The van der Waals surface area contributed by atoms with Crippen molar-refractivity contribution in [3.63, 3.8) is 0 Å². The number of nitrogens with zero attached hydrogens (tertiary/aromatic N) is 1. The number of hydrogen-bond donors (Lipinski definition) is 0. The number of alkyl halides is 3. The molecule has 0 aliphatic heterocycles. The number of halogens is 3. The van der Waals surface area contributed by atoms with Crippen LogP contribution in [0.5, 0.6) is 0 Å². The largest absolute Gasteiger partial charge is 0.417 e. The van der Waals surface area contributed by atoms with Crippen molar-refractivity contribution >= 4 is 6.29 Å². The lowest BCUT2D eigenvalue weighted by Gasteiger charge is -2.13. The lowest BCUT2D eigenvalue weighted by molar-refractivity contribution is -0.137. The molecule has 0 amide bonds. The summed E-state index contributed by atoms with van der Waals surface area (Å²) in [5, 5.41) is 0. The average Bonchev–Trinajstić information content (AvgIpc) is 2.38. The number of aldehydes is 1. The van der Waals surface area contributed by atoms with E-state index in [-0.39, 0.29) is 11.1 Å². The Morgan fingerprint density at radius 3 is 2.50 bits per heavy atom. The Balaban J connectivity index is 2.66. The second-order valence-electron chi connectivity index (χ2n) is 3.66. The van der Waals surface area contributed by atoms with Crippen molar-refractivity contribution in [1.29, 1.82) is 0 Å². The highest BCUT2D eigenvalue weighted by atomic mass is 19.4. The SMILES string of the molecule is O=Cc1ccc(C(F)(F)F)c(-c2cccnc2)c1. The topological polar surface area (TPSA) is 30.0 Å². The van der Waals surface area contributed by atoms with Crippen LogP contribution in [0.25, 0.3) is 11.1 Å². The molecule has 2 rings (SSSR count). The molecule has 0 saturated heterocycles. The molecule has 0 aliphatic rings. The number of pyridine rings is 1. The van der Waals surface area contributed by atoms with E-state index in [1.165, 1.54) is 24.5 Å². The lowest BCUT2D eigenvalue weighted by atomic mass is 9.98. The van der Waals surface area contributed by atoms with Crippen LogP contribution in [0.15, 0.2) is 42.7 Å². The predicted molar refractivity (Wildman–Crippen MR) is 60.1 cm³/mol. The van der Waals surface area contributed by atoms with Gasteiger partial charge in [0.05, 0.1) is 5.56 Å². The van der Waals surface area contributed by atoms with Crippen LogP contribution >= 0.6 is 0 Å². The molecule has 1 heterocycles. The Kier molecular flexibility index (Phi) is 3.14. The third-order valence-corrected chi connectivity index (χ3v) is 2.46. The van der Waals surface area contributed by atoms with Gasteiger partial charge in [-0.3, -0.25) is 9.78 Å². The molecule has 1 aromatic heterocycles. The monoisotopic (exact) mass is 251 g/mol. The van der Waals surface area contributed by atoms with Crippen molar-refractivity contribution in [3.8, 4) is 11.1 Å². The molecule has 92 valence electrons. The molecular formula is C13H8F3NO. The minimum Gasteiger partial charge on any atom is -0.298 e. The first-order valence-electron chi connectivity index (χ1n) is 5.09. The normalized spacial score (nSPS) is 11.3. The molecule has 0 fully saturated rings. The summed E-state index contributed by atoms with van der Waals surface area (Å²) in [6.45, 7) is 0. The van der Waals surface area contributed by atoms with E-state index < -0.39 is 11.7 Å². The van der Waals surface area contributed by atoms with Crippen molar-refractivity contribution in [2.45, 2.75) is 6.18 Å². The van der Waals surface area contributed by atoms with Crippen molar-refractivity contribution in [2.24, 2.45) is 0 Å². The van der Waals surface area contributed by atoms with Crippen LogP contribution in [0, 0.1) is 0 Å². The zero-order valence-corrected chi connectivity index (χ0v) is 9.11. The molecule has 2 nitrogen and oxygen atoms in total. The molecule has 0 radical (unpaired) electrons. The first-order chi connectivity index (χ1) is 8.52. The molecule has 0 spiro atoms. The van der Waals surface area contributed by atoms with Crippen LogP contribution in [-0.2, 0) is 6.18 Å². The van der Waals surface area contributed by atoms with Crippen LogP contribution in [-0.4, -0.2) is 11.3 Å². The second kappa shape index (κ2) is 4.60. The van der Waals surface area contributed by atoms with Gasteiger partial charge in [-0.25, -0.2) is 0 Å². The van der Waals surface area contributed by atoms with Crippen LogP contribution in [0.2, 0.25) is 0 Å². The third-order valence-electron chi connectivity index (χ3n) is 2.46. The molecule has 0 N–H and O–H groups in total. The summed E-state index contributed by atoms with van der Waals surface area (Å²) in [4.78, 5) is 14.4. The van der Waals surface area contributed by atoms with Gasteiger partial charge in [-0.1, -0.05) is 12.1 Å². The summed E-state index contributed by atoms with van der Waals surface area (Å²) in [7, 11) is 0. The Morgan fingerprint density at radius 1 is 1.17 bits per heavy atom. The molecular weight excluding hydrogens is 243 g/mol. The van der Waals surface area contributed by atoms with E-state index in [9.17, 15) is 18.0 Å². The van der Waals surface area contributed by atoms with Crippen LogP contribution in [0.3, 0.4) is 0 Å². The first kappa shape index (κ1) is 12.3. The van der Waals surface area contributed by atoms with Gasteiger partial charge in [0.1, 0.15) is 6.29 Å². The van der Waals surface area contributed by atoms with Gasteiger partial charge in [-0.05, 0) is 23.8 Å². The molecule has 0 atom stereocenters. The minimum atomic E-state index is -4.47. The van der Waals surface area contributed by atoms with Gasteiger partial charge in [0.2, 0.25) is 0 Å². The van der Waals surface area contributed by atoms with Gasteiger partial charge in [-0.15, -0.1) is 0 Å². The molecule has 18 heavy (non-hydrogen) atoms. The highest BCUT2D eigenvalue weighted by molar-refractivity contribution is 5.80. The van der Waals surface area contributed by atoms with Crippen molar-refractivity contribution in [2.75, 3.05) is 0 Å². The number of aromatic nitrogens is 1. The quantitative estimate of drug-likeness (QED) is 0.763. The van der Waals surface area contributed by atoms with Crippen molar-refractivity contribution in [1.82, 2.24) is 4.98 Å². The maximum Gasteiger partial charge on any atom is 0.417 e. The smallest absolute Gasteiger partial charge is 0.298 e. The number of rotatable bonds is 2. The molecule has 0 saturated carbocycles. The van der Waals surface area contributed by atoms with Crippen LogP contribution in [0.1, 0.15) is 15.9 Å². The highest BCUT2D eigenvalue weighted by Crippen LogP contribution is 2.37. The van der Waals surface area contributed by atoms with Crippen LogP contribution in [0.4, 0.5) is 13.2 Å². The number of carbonyl (C=O) groups is 1. The Hall–Kier alpha value is -2.17. The maximum absolute atomic E-state index is 12.9. The summed E-state index contributed by atoms with van der Waals surface area (Å²) in [6, 6.07) is 6.34. The van der Waals surface area contributed by atoms with Gasteiger partial charge in [0.25, 0.3) is 0 Å². The van der Waals surface area contributed by atoms with E-state index in [0.29, 0.717) is 11.8 Å². The number of hydrogen-bond acceptors (Lipinski definition) is 2. The summed E-state index contributed by atoms with van der Waals surface area (Å²) in [6.07, 6.45) is -1.15. The van der Waals surface area contributed by atoms with Crippen molar-refractivity contribution in [3.05, 3.63) is 53.9 Å². The molecule has 0 bridgehead atoms.